The molecule has 2 heterocycles. The van der Waals surface area contributed by atoms with Crippen molar-refractivity contribution in [2.45, 2.75) is 10.8 Å². The first-order valence-corrected chi connectivity index (χ1v) is 10.6. The summed E-state index contributed by atoms with van der Waals surface area (Å²) in [4.78, 5) is 16.8. The smallest absolute Gasteiger partial charge is 0.268 e. The molecule has 0 unspecified atom stereocenters. The van der Waals surface area contributed by atoms with Gasteiger partial charge in [0, 0.05) is 11.8 Å². The van der Waals surface area contributed by atoms with Gasteiger partial charge in [0.1, 0.15) is 17.4 Å². The molecule has 0 saturated carbocycles. The maximum Gasteiger partial charge on any atom is 0.268 e. The summed E-state index contributed by atoms with van der Waals surface area (Å²) < 4.78 is 6.70. The zero-order valence-electron chi connectivity index (χ0n) is 15.2. The molecule has 2 aromatic heterocycles. The number of thioether (sulfide) groups is 1. The lowest BCUT2D eigenvalue weighted by atomic mass is 10.2. The second-order valence-electron chi connectivity index (χ2n) is 6.04. The molecule has 4 rings (SSSR count). The van der Waals surface area contributed by atoms with E-state index in [-0.39, 0.29) is 5.57 Å². The van der Waals surface area contributed by atoms with Gasteiger partial charge in [0.2, 0.25) is 0 Å². The second kappa shape index (κ2) is 8.78. The van der Waals surface area contributed by atoms with Crippen LogP contribution in [0.2, 0.25) is 0 Å². The Hall–Kier alpha value is -3.34. The van der Waals surface area contributed by atoms with E-state index in [2.05, 4.69) is 22.4 Å². The van der Waals surface area contributed by atoms with E-state index in [1.165, 1.54) is 23.0 Å². The van der Waals surface area contributed by atoms with E-state index in [0.717, 1.165) is 21.1 Å². The Morgan fingerprint density at radius 2 is 1.93 bits per heavy atom. The maximum atomic E-state index is 12.5. The number of carbonyl (C=O) groups is 1. The van der Waals surface area contributed by atoms with Crippen molar-refractivity contribution < 1.29 is 9.21 Å². The average molecular weight is 418 g/mol. The largest absolute Gasteiger partial charge is 0.450 e. The molecule has 7 heteroatoms. The Bertz CT molecular complexity index is 1190. The molecule has 5 nitrogen and oxygen atoms in total. The van der Waals surface area contributed by atoms with Crippen molar-refractivity contribution in [1.82, 2.24) is 4.98 Å². The number of thiazole rings is 1. The predicted molar refractivity (Wildman–Crippen MR) is 117 cm³/mol. The van der Waals surface area contributed by atoms with Gasteiger partial charge in [-0.25, -0.2) is 4.98 Å². The van der Waals surface area contributed by atoms with Gasteiger partial charge in [-0.05, 0) is 29.8 Å². The molecule has 0 aliphatic heterocycles. The Morgan fingerprint density at radius 3 is 2.72 bits per heavy atom. The zero-order valence-corrected chi connectivity index (χ0v) is 16.8. The zero-order chi connectivity index (χ0) is 20.1. The van der Waals surface area contributed by atoms with Gasteiger partial charge < -0.3 is 4.42 Å². The van der Waals surface area contributed by atoms with Crippen LogP contribution < -0.4 is 5.32 Å². The number of amides is 1. The molecule has 0 aliphatic rings. The number of carbonyl (C=O) groups excluding carboxylic acids is 1. The van der Waals surface area contributed by atoms with Crippen molar-refractivity contribution in [2.75, 3.05) is 5.32 Å². The molecule has 29 heavy (non-hydrogen) atoms. The van der Waals surface area contributed by atoms with Crippen LogP contribution in [0.3, 0.4) is 0 Å². The Labute approximate surface area is 175 Å². The summed E-state index contributed by atoms with van der Waals surface area (Å²) in [5.74, 6) is 0.721. The van der Waals surface area contributed by atoms with E-state index in [4.69, 9.17) is 4.42 Å². The minimum Gasteiger partial charge on any atom is -0.450 e. The van der Waals surface area contributed by atoms with Crippen LogP contribution in [0.5, 0.6) is 0 Å². The van der Waals surface area contributed by atoms with E-state index < -0.39 is 5.91 Å². The monoisotopic (exact) mass is 417 g/mol. The van der Waals surface area contributed by atoms with Gasteiger partial charge in [-0.1, -0.05) is 65.6 Å². The van der Waals surface area contributed by atoms with Crippen LogP contribution in [-0.4, -0.2) is 10.9 Å². The first-order valence-electron chi connectivity index (χ1n) is 8.76. The van der Waals surface area contributed by atoms with Gasteiger partial charge in [0.25, 0.3) is 5.91 Å². The third-order valence-corrected chi connectivity index (χ3v) is 5.93. The average Bonchev–Trinajstić information content (AvgIpc) is 3.37. The molecule has 1 amide bonds. The fraction of sp³-hybridized carbons (Fsp3) is 0.0455. The SMILES string of the molecule is N#C/C(=C\c1ccc(SCc2ccccc2)o1)C(=O)Nc1nc2ccccc2s1. The number of furan rings is 1. The minimum atomic E-state index is -0.513. The fourth-order valence-corrected chi connectivity index (χ4v) is 4.28. The number of anilines is 1. The first kappa shape index (κ1) is 19.0. The molecule has 2 aromatic carbocycles. The number of benzene rings is 2. The fourth-order valence-electron chi connectivity index (χ4n) is 2.60. The molecule has 0 atom stereocenters. The molecule has 0 bridgehead atoms. The Kier molecular flexibility index (Phi) is 5.75. The number of nitrogens with one attached hydrogen (secondary N) is 1. The van der Waals surface area contributed by atoms with Crippen molar-refractivity contribution in [2.24, 2.45) is 0 Å². The molecule has 1 N–H and O–H groups in total. The van der Waals surface area contributed by atoms with Crippen molar-refractivity contribution in [3.8, 4) is 6.07 Å². The molecular formula is C22H15N3O2S2. The summed E-state index contributed by atoms with van der Waals surface area (Å²) in [6.07, 6.45) is 1.44. The maximum absolute atomic E-state index is 12.5. The lowest BCUT2D eigenvalue weighted by molar-refractivity contribution is -0.112. The van der Waals surface area contributed by atoms with Crippen LogP contribution in [0.4, 0.5) is 5.13 Å². The van der Waals surface area contributed by atoms with E-state index >= 15 is 0 Å². The van der Waals surface area contributed by atoms with Gasteiger partial charge >= 0.3 is 0 Å². The van der Waals surface area contributed by atoms with Gasteiger partial charge in [-0.15, -0.1) is 0 Å². The standard InChI is InChI=1S/C22H15N3O2S2/c23-13-16(21(26)25-22-24-18-8-4-5-9-19(18)29-22)12-17-10-11-20(27-17)28-14-15-6-2-1-3-7-15/h1-12H,14H2,(H,24,25,26)/b16-12+. The van der Waals surface area contributed by atoms with Crippen LogP contribution in [-0.2, 0) is 10.5 Å². The van der Waals surface area contributed by atoms with Crippen LogP contribution in [0.1, 0.15) is 11.3 Å². The minimum absolute atomic E-state index is 0.0433. The molecule has 0 radical (unpaired) electrons. The lowest BCUT2D eigenvalue weighted by Crippen LogP contribution is -2.13. The highest BCUT2D eigenvalue weighted by Gasteiger charge is 2.13. The number of nitrogens with zero attached hydrogens (tertiary/aromatic N) is 2. The molecule has 142 valence electrons. The highest BCUT2D eigenvalue weighted by molar-refractivity contribution is 7.98. The predicted octanol–water partition coefficient (Wildman–Crippen LogP) is 5.73. The Morgan fingerprint density at radius 1 is 1.14 bits per heavy atom. The van der Waals surface area contributed by atoms with Gasteiger partial charge in [0.15, 0.2) is 10.2 Å². The van der Waals surface area contributed by atoms with E-state index in [9.17, 15) is 10.1 Å². The van der Waals surface area contributed by atoms with Crippen molar-refractivity contribution in [1.29, 1.82) is 5.26 Å². The van der Waals surface area contributed by atoms with Gasteiger partial charge in [-0.2, -0.15) is 5.26 Å². The lowest BCUT2D eigenvalue weighted by Gasteiger charge is -1.99. The van der Waals surface area contributed by atoms with Gasteiger partial charge in [0.05, 0.1) is 10.2 Å². The third-order valence-electron chi connectivity index (χ3n) is 3.99. The quantitative estimate of drug-likeness (QED) is 0.246. The number of fused-ring (bicyclic) bond motifs is 1. The molecule has 0 fully saturated rings. The Balaban J connectivity index is 1.43. The molecule has 4 aromatic rings. The highest BCUT2D eigenvalue weighted by atomic mass is 32.2. The van der Waals surface area contributed by atoms with Crippen LogP contribution in [0.15, 0.2) is 81.8 Å². The summed E-state index contributed by atoms with van der Waals surface area (Å²) in [7, 11) is 0. The number of para-hydroxylation sites is 1. The number of rotatable bonds is 6. The van der Waals surface area contributed by atoms with Crippen molar-refractivity contribution in [3.63, 3.8) is 0 Å². The summed E-state index contributed by atoms with van der Waals surface area (Å²) in [5, 5.41) is 13.3. The number of hydrogen-bond donors (Lipinski definition) is 1. The van der Waals surface area contributed by atoms with Crippen LogP contribution in [0.25, 0.3) is 16.3 Å². The summed E-state index contributed by atoms with van der Waals surface area (Å²) in [6, 6.07) is 23.2. The van der Waals surface area contributed by atoms with E-state index in [1.54, 1.807) is 17.8 Å². The number of hydrogen-bond acceptors (Lipinski definition) is 6. The van der Waals surface area contributed by atoms with Crippen LogP contribution >= 0.6 is 23.1 Å². The third kappa shape index (κ3) is 4.74. The summed E-state index contributed by atoms with van der Waals surface area (Å²) >= 11 is 2.92. The summed E-state index contributed by atoms with van der Waals surface area (Å²) in [5.41, 5.74) is 1.96. The van der Waals surface area contributed by atoms with Crippen LogP contribution in [0, 0.1) is 11.3 Å². The second-order valence-corrected chi connectivity index (χ2v) is 8.05. The van der Waals surface area contributed by atoms with Crippen molar-refractivity contribution in [3.05, 3.63) is 83.6 Å². The van der Waals surface area contributed by atoms with Crippen molar-refractivity contribution >= 4 is 50.4 Å². The highest BCUT2D eigenvalue weighted by Crippen LogP contribution is 2.27. The summed E-state index contributed by atoms with van der Waals surface area (Å²) in [6.45, 7) is 0. The molecule has 0 aliphatic carbocycles. The molecular weight excluding hydrogens is 402 g/mol. The normalized spacial score (nSPS) is 11.3. The topological polar surface area (TPSA) is 78.9 Å². The number of aromatic nitrogens is 1. The van der Waals surface area contributed by atoms with E-state index in [0.29, 0.717) is 10.9 Å². The molecule has 0 saturated heterocycles. The molecule has 0 spiro atoms. The van der Waals surface area contributed by atoms with E-state index in [1.807, 2.05) is 54.6 Å². The number of nitriles is 1. The van der Waals surface area contributed by atoms with Gasteiger partial charge in [-0.3, -0.25) is 10.1 Å². The first-order chi connectivity index (χ1) is 14.2.